The molecule has 1 amide bonds. The highest BCUT2D eigenvalue weighted by atomic mass is 79.9. The van der Waals surface area contributed by atoms with Gasteiger partial charge < -0.3 is 5.32 Å². The summed E-state index contributed by atoms with van der Waals surface area (Å²) in [6.07, 6.45) is 4.79. The van der Waals surface area contributed by atoms with E-state index in [1.165, 1.54) is 6.20 Å². The highest BCUT2D eigenvalue weighted by Gasteiger charge is 2.08. The molecule has 20 heavy (non-hydrogen) atoms. The van der Waals surface area contributed by atoms with E-state index >= 15 is 0 Å². The van der Waals surface area contributed by atoms with Crippen LogP contribution in [0, 0.1) is 0 Å². The first kappa shape index (κ1) is 12.7. The number of hydrogen-bond donors (Lipinski definition) is 1. The number of anilines is 1. The molecule has 0 spiro atoms. The molecular weight excluding hydrogens is 320 g/mol. The monoisotopic (exact) mass is 328 g/mol. The summed E-state index contributed by atoms with van der Waals surface area (Å²) in [5.74, 6) is 0.197. The predicted molar refractivity (Wildman–Crippen MR) is 79.4 cm³/mol. The summed E-state index contributed by atoms with van der Waals surface area (Å²) in [5.41, 5.74) is 1.06. The first-order valence-electron chi connectivity index (χ1n) is 5.86. The number of nitrogens with zero attached hydrogens (tertiary/aromatic N) is 3. The average Bonchev–Trinajstić information content (AvgIpc) is 2.47. The first-order chi connectivity index (χ1) is 9.72. The number of halogens is 1. The Hall–Kier alpha value is -2.34. The van der Waals surface area contributed by atoms with Crippen molar-refractivity contribution in [2.45, 2.75) is 0 Å². The summed E-state index contributed by atoms with van der Waals surface area (Å²) >= 11 is 3.28. The standard InChI is InChI=1S/C14H9BrN4O/c15-11-6-10(7-16-8-11)14(20)19-12-4-3-9-2-1-5-17-13(9)18-12/h1-8H,(H,17,18,19,20). The molecule has 0 fully saturated rings. The molecule has 6 heteroatoms. The fourth-order valence-corrected chi connectivity index (χ4v) is 2.11. The van der Waals surface area contributed by atoms with Crippen molar-refractivity contribution in [3.05, 3.63) is 59.0 Å². The number of pyridine rings is 3. The SMILES string of the molecule is O=C(Nc1ccc2cccnc2n1)c1cncc(Br)c1. The van der Waals surface area contributed by atoms with Crippen LogP contribution in [0.1, 0.15) is 10.4 Å². The molecule has 0 aliphatic rings. The minimum Gasteiger partial charge on any atom is -0.306 e. The molecule has 1 N–H and O–H groups in total. The molecule has 0 atom stereocenters. The van der Waals surface area contributed by atoms with E-state index in [1.54, 1.807) is 24.5 Å². The smallest absolute Gasteiger partial charge is 0.258 e. The lowest BCUT2D eigenvalue weighted by Gasteiger charge is -2.05. The zero-order chi connectivity index (χ0) is 13.9. The Morgan fingerprint density at radius 1 is 1.20 bits per heavy atom. The highest BCUT2D eigenvalue weighted by Crippen LogP contribution is 2.14. The van der Waals surface area contributed by atoms with Crippen molar-refractivity contribution < 1.29 is 4.79 Å². The van der Waals surface area contributed by atoms with Gasteiger partial charge in [0.1, 0.15) is 5.82 Å². The molecule has 3 aromatic heterocycles. The summed E-state index contributed by atoms with van der Waals surface area (Å²) in [6, 6.07) is 9.06. The van der Waals surface area contributed by atoms with Crippen LogP contribution < -0.4 is 5.32 Å². The Kier molecular flexibility index (Phi) is 3.39. The summed E-state index contributed by atoms with van der Waals surface area (Å²) in [5, 5.41) is 3.65. The number of carbonyl (C=O) groups excluding carboxylic acids is 1. The van der Waals surface area contributed by atoms with Crippen LogP contribution in [-0.2, 0) is 0 Å². The number of carbonyl (C=O) groups is 1. The third-order valence-electron chi connectivity index (χ3n) is 2.67. The van der Waals surface area contributed by atoms with Crippen molar-refractivity contribution in [2.24, 2.45) is 0 Å². The van der Waals surface area contributed by atoms with E-state index in [4.69, 9.17) is 0 Å². The summed E-state index contributed by atoms with van der Waals surface area (Å²) in [4.78, 5) is 24.5. The van der Waals surface area contributed by atoms with E-state index in [1.807, 2.05) is 18.2 Å². The molecular formula is C14H9BrN4O. The quantitative estimate of drug-likeness (QED) is 0.785. The van der Waals surface area contributed by atoms with Crippen molar-refractivity contribution in [3.8, 4) is 0 Å². The van der Waals surface area contributed by atoms with Crippen LogP contribution in [0.2, 0.25) is 0 Å². The largest absolute Gasteiger partial charge is 0.306 e. The topological polar surface area (TPSA) is 67.8 Å². The Bertz CT molecular complexity index is 791. The lowest BCUT2D eigenvalue weighted by atomic mass is 10.2. The zero-order valence-corrected chi connectivity index (χ0v) is 11.8. The van der Waals surface area contributed by atoms with E-state index in [2.05, 4.69) is 36.2 Å². The molecule has 0 aliphatic heterocycles. The van der Waals surface area contributed by atoms with Crippen molar-refractivity contribution in [2.75, 3.05) is 5.32 Å². The zero-order valence-electron chi connectivity index (χ0n) is 10.2. The van der Waals surface area contributed by atoms with Crippen LogP contribution in [0.4, 0.5) is 5.82 Å². The second-order valence-corrected chi connectivity index (χ2v) is 5.01. The third-order valence-corrected chi connectivity index (χ3v) is 3.11. The van der Waals surface area contributed by atoms with Gasteiger partial charge in [-0.2, -0.15) is 0 Å². The highest BCUT2D eigenvalue weighted by molar-refractivity contribution is 9.10. The Balaban J connectivity index is 1.87. The van der Waals surface area contributed by atoms with Gasteiger partial charge in [0.25, 0.3) is 5.91 Å². The molecule has 0 aliphatic carbocycles. The first-order valence-corrected chi connectivity index (χ1v) is 6.65. The second kappa shape index (κ2) is 5.34. The van der Waals surface area contributed by atoms with Gasteiger partial charge in [0.15, 0.2) is 5.65 Å². The van der Waals surface area contributed by atoms with Gasteiger partial charge in [-0.3, -0.25) is 9.78 Å². The van der Waals surface area contributed by atoms with Crippen LogP contribution in [0.15, 0.2) is 53.4 Å². The lowest BCUT2D eigenvalue weighted by Crippen LogP contribution is -2.13. The number of rotatable bonds is 2. The minimum atomic E-state index is -0.262. The van der Waals surface area contributed by atoms with Crippen LogP contribution >= 0.6 is 15.9 Å². The number of nitrogens with one attached hydrogen (secondary N) is 1. The van der Waals surface area contributed by atoms with E-state index in [9.17, 15) is 4.79 Å². The number of amides is 1. The van der Waals surface area contributed by atoms with Gasteiger partial charge in [-0.1, -0.05) is 0 Å². The van der Waals surface area contributed by atoms with Gasteiger partial charge in [-0.15, -0.1) is 0 Å². The van der Waals surface area contributed by atoms with Gasteiger partial charge in [-0.05, 0) is 46.3 Å². The summed E-state index contributed by atoms with van der Waals surface area (Å²) in [6.45, 7) is 0. The molecule has 98 valence electrons. The maximum Gasteiger partial charge on any atom is 0.258 e. The van der Waals surface area contributed by atoms with Gasteiger partial charge in [0, 0.05) is 28.4 Å². The minimum absolute atomic E-state index is 0.262. The number of hydrogen-bond acceptors (Lipinski definition) is 4. The molecule has 0 radical (unpaired) electrons. The fraction of sp³-hybridized carbons (Fsp3) is 0. The molecule has 3 rings (SSSR count). The Morgan fingerprint density at radius 3 is 2.95 bits per heavy atom. The molecule has 0 saturated heterocycles. The summed E-state index contributed by atoms with van der Waals surface area (Å²) < 4.78 is 0.748. The lowest BCUT2D eigenvalue weighted by molar-refractivity contribution is 0.102. The van der Waals surface area contributed by atoms with Crippen molar-refractivity contribution in [3.63, 3.8) is 0 Å². The van der Waals surface area contributed by atoms with E-state index in [-0.39, 0.29) is 5.91 Å². The number of aromatic nitrogens is 3. The predicted octanol–water partition coefficient (Wildman–Crippen LogP) is 3.04. The molecule has 3 aromatic rings. The molecule has 5 nitrogen and oxygen atoms in total. The van der Waals surface area contributed by atoms with Gasteiger partial charge >= 0.3 is 0 Å². The normalized spacial score (nSPS) is 10.4. The average molecular weight is 329 g/mol. The van der Waals surface area contributed by atoms with Crippen LogP contribution in [0.3, 0.4) is 0 Å². The van der Waals surface area contributed by atoms with E-state index in [0.717, 1.165) is 9.86 Å². The van der Waals surface area contributed by atoms with Crippen LogP contribution in [0.5, 0.6) is 0 Å². The molecule has 0 unspecified atom stereocenters. The molecule has 0 aromatic carbocycles. The maximum absolute atomic E-state index is 12.1. The second-order valence-electron chi connectivity index (χ2n) is 4.09. The third kappa shape index (κ3) is 2.65. The van der Waals surface area contributed by atoms with Crippen molar-refractivity contribution in [1.29, 1.82) is 0 Å². The van der Waals surface area contributed by atoms with Crippen LogP contribution in [0.25, 0.3) is 11.0 Å². The van der Waals surface area contributed by atoms with E-state index < -0.39 is 0 Å². The summed E-state index contributed by atoms with van der Waals surface area (Å²) in [7, 11) is 0. The molecule has 0 bridgehead atoms. The van der Waals surface area contributed by atoms with Gasteiger partial charge in [0.2, 0.25) is 0 Å². The Labute approximate surface area is 123 Å². The number of fused-ring (bicyclic) bond motifs is 1. The van der Waals surface area contributed by atoms with E-state index in [0.29, 0.717) is 17.0 Å². The van der Waals surface area contributed by atoms with Crippen molar-refractivity contribution >= 4 is 38.7 Å². The molecule has 0 saturated carbocycles. The Morgan fingerprint density at radius 2 is 2.10 bits per heavy atom. The maximum atomic E-state index is 12.1. The van der Waals surface area contributed by atoms with Gasteiger partial charge in [0.05, 0.1) is 5.56 Å². The van der Waals surface area contributed by atoms with Crippen LogP contribution in [-0.4, -0.2) is 20.9 Å². The van der Waals surface area contributed by atoms with Crippen molar-refractivity contribution in [1.82, 2.24) is 15.0 Å². The fourth-order valence-electron chi connectivity index (χ4n) is 1.75. The van der Waals surface area contributed by atoms with Gasteiger partial charge in [-0.25, -0.2) is 9.97 Å². The molecule has 3 heterocycles.